The maximum atomic E-state index is 12.5. The van der Waals surface area contributed by atoms with Crippen LogP contribution >= 0.6 is 23.2 Å². The first-order valence-corrected chi connectivity index (χ1v) is 10.9. The van der Waals surface area contributed by atoms with E-state index in [1.54, 1.807) is 24.3 Å². The van der Waals surface area contributed by atoms with Gasteiger partial charge in [-0.05, 0) is 31.0 Å². The maximum Gasteiger partial charge on any atom is 0.326 e. The molecule has 1 aliphatic rings. The van der Waals surface area contributed by atoms with Crippen LogP contribution in [0, 0.1) is 5.41 Å². The Bertz CT molecular complexity index is 1060. The predicted octanol–water partition coefficient (Wildman–Crippen LogP) is 4.50. The highest BCUT2D eigenvalue weighted by molar-refractivity contribution is 6.40. The molecule has 1 aromatic carbocycles. The molecule has 0 unspecified atom stereocenters. The van der Waals surface area contributed by atoms with E-state index in [4.69, 9.17) is 23.2 Å². The Hall–Kier alpha value is -2.90. The van der Waals surface area contributed by atoms with E-state index in [1.165, 1.54) is 18.5 Å². The Morgan fingerprint density at radius 1 is 1.16 bits per heavy atom. The highest BCUT2D eigenvalue weighted by Crippen LogP contribution is 2.40. The van der Waals surface area contributed by atoms with Crippen molar-refractivity contribution in [3.63, 3.8) is 0 Å². The number of carboxylic acids is 1. The first-order chi connectivity index (χ1) is 15.2. The van der Waals surface area contributed by atoms with Crippen LogP contribution in [0.4, 0.5) is 5.69 Å². The second-order valence-corrected chi connectivity index (χ2v) is 8.69. The number of aromatic nitrogens is 1. The average Bonchev–Trinajstić information content (AvgIpc) is 2.74. The molecule has 9 heteroatoms. The van der Waals surface area contributed by atoms with Crippen LogP contribution in [-0.2, 0) is 16.0 Å². The maximum absolute atomic E-state index is 12.5. The van der Waals surface area contributed by atoms with Crippen LogP contribution in [-0.4, -0.2) is 33.8 Å². The van der Waals surface area contributed by atoms with E-state index >= 15 is 0 Å². The van der Waals surface area contributed by atoms with E-state index < -0.39 is 23.3 Å². The van der Waals surface area contributed by atoms with Crippen molar-refractivity contribution < 1.29 is 19.5 Å². The summed E-state index contributed by atoms with van der Waals surface area (Å²) in [7, 11) is 0. The number of allylic oxidation sites excluding steroid dienone is 2. The Balaban J connectivity index is 1.67. The number of benzene rings is 1. The molecule has 2 aromatic rings. The molecule has 0 spiro atoms. The van der Waals surface area contributed by atoms with Crippen molar-refractivity contribution in [1.29, 1.82) is 0 Å². The largest absolute Gasteiger partial charge is 0.480 e. The van der Waals surface area contributed by atoms with Gasteiger partial charge in [-0.15, -0.1) is 0 Å². The summed E-state index contributed by atoms with van der Waals surface area (Å²) in [5, 5.41) is 15.7. The number of carboxylic acid groups (broad SMARTS) is 1. The fourth-order valence-corrected chi connectivity index (χ4v) is 4.17. The summed E-state index contributed by atoms with van der Waals surface area (Å²) in [6.45, 7) is 3.82. The molecular weight excluding hydrogens is 453 g/mol. The molecule has 0 saturated carbocycles. The van der Waals surface area contributed by atoms with Crippen molar-refractivity contribution in [2.45, 2.75) is 39.2 Å². The van der Waals surface area contributed by atoms with E-state index in [-0.39, 0.29) is 27.8 Å². The van der Waals surface area contributed by atoms with Gasteiger partial charge in [-0.25, -0.2) is 4.79 Å². The number of hydrogen-bond acceptors (Lipinski definition) is 5. The third-order valence-electron chi connectivity index (χ3n) is 5.52. The van der Waals surface area contributed by atoms with Gasteiger partial charge in [0.15, 0.2) is 5.78 Å². The minimum atomic E-state index is -1.01. The molecule has 168 valence electrons. The zero-order chi connectivity index (χ0) is 23.5. The molecule has 2 atom stereocenters. The minimum Gasteiger partial charge on any atom is -0.480 e. The molecule has 1 heterocycles. The lowest BCUT2D eigenvalue weighted by Gasteiger charge is -2.38. The second kappa shape index (κ2) is 9.71. The van der Waals surface area contributed by atoms with Gasteiger partial charge in [0.25, 0.3) is 5.91 Å². The van der Waals surface area contributed by atoms with Gasteiger partial charge < -0.3 is 15.7 Å². The van der Waals surface area contributed by atoms with Gasteiger partial charge >= 0.3 is 5.97 Å². The molecule has 3 N–H and O–H groups in total. The molecule has 32 heavy (non-hydrogen) atoms. The number of nitrogens with one attached hydrogen (secondary N) is 2. The van der Waals surface area contributed by atoms with Gasteiger partial charge in [-0.1, -0.05) is 48.7 Å². The lowest BCUT2D eigenvalue weighted by Crippen LogP contribution is -2.49. The number of hydrogen-bond donors (Lipinski definition) is 3. The van der Waals surface area contributed by atoms with Crippen LogP contribution in [0.3, 0.4) is 0 Å². The summed E-state index contributed by atoms with van der Waals surface area (Å²) in [5.41, 5.74) is 1.40. The summed E-state index contributed by atoms with van der Waals surface area (Å²) >= 11 is 12.0. The summed E-state index contributed by atoms with van der Waals surface area (Å²) in [4.78, 5) is 40.1. The molecule has 0 radical (unpaired) electrons. The molecule has 0 saturated heterocycles. The monoisotopic (exact) mass is 475 g/mol. The quantitative estimate of drug-likeness (QED) is 0.492. The number of rotatable bonds is 9. The van der Waals surface area contributed by atoms with Crippen molar-refractivity contribution in [3.8, 4) is 0 Å². The fourth-order valence-electron chi connectivity index (χ4n) is 3.63. The lowest BCUT2D eigenvalue weighted by molar-refractivity contribution is -0.139. The summed E-state index contributed by atoms with van der Waals surface area (Å²) in [6.07, 6.45) is 5.83. The van der Waals surface area contributed by atoms with Crippen LogP contribution in [0.5, 0.6) is 0 Å². The van der Waals surface area contributed by atoms with Crippen LogP contribution < -0.4 is 10.6 Å². The van der Waals surface area contributed by atoms with Gasteiger partial charge in [-0.2, -0.15) is 0 Å². The number of amides is 1. The Morgan fingerprint density at radius 3 is 2.31 bits per heavy atom. The normalized spacial score (nSPS) is 18.4. The zero-order valence-corrected chi connectivity index (χ0v) is 19.1. The van der Waals surface area contributed by atoms with E-state index in [2.05, 4.69) is 15.6 Å². The SMILES string of the molecule is CCC[C@]1(C)C(=O)C=C1N[C@@H](Cc1ccc(NC(=O)c2c(Cl)cncc2Cl)cc1)C(=O)O. The van der Waals surface area contributed by atoms with Crippen molar-refractivity contribution >= 4 is 46.5 Å². The third-order valence-corrected chi connectivity index (χ3v) is 6.10. The Labute approximate surface area is 195 Å². The standard InChI is InChI=1S/C23H23Cl2N3O4/c1-3-8-23(2)18(10-19(23)29)28-17(22(31)32)9-13-4-6-14(7-5-13)27-21(30)20-15(24)11-26-12-16(20)25/h4-7,10-12,17,28H,3,8-9H2,1-2H3,(H,27,30)(H,31,32)/t17-,23-/m0/s1. The van der Waals surface area contributed by atoms with Gasteiger partial charge in [0.2, 0.25) is 0 Å². The lowest BCUT2D eigenvalue weighted by atomic mass is 9.69. The molecule has 0 fully saturated rings. The summed E-state index contributed by atoms with van der Waals surface area (Å²) in [5.74, 6) is -1.47. The van der Waals surface area contributed by atoms with Crippen molar-refractivity contribution in [2.24, 2.45) is 5.41 Å². The van der Waals surface area contributed by atoms with Gasteiger partial charge in [0, 0.05) is 36.3 Å². The smallest absolute Gasteiger partial charge is 0.326 e. The van der Waals surface area contributed by atoms with Crippen LogP contribution in [0.2, 0.25) is 10.0 Å². The number of aliphatic carboxylic acids is 1. The highest BCUT2D eigenvalue weighted by Gasteiger charge is 2.44. The third kappa shape index (κ3) is 4.95. The molecule has 0 aliphatic heterocycles. The predicted molar refractivity (Wildman–Crippen MR) is 123 cm³/mol. The number of anilines is 1. The molecule has 1 amide bonds. The average molecular weight is 476 g/mol. The van der Waals surface area contributed by atoms with E-state index in [0.717, 1.165) is 12.0 Å². The number of halogens is 2. The van der Waals surface area contributed by atoms with Crippen LogP contribution in [0.15, 0.2) is 48.4 Å². The van der Waals surface area contributed by atoms with Crippen LogP contribution in [0.25, 0.3) is 0 Å². The molecule has 1 aliphatic carbocycles. The van der Waals surface area contributed by atoms with Crippen molar-refractivity contribution in [2.75, 3.05) is 5.32 Å². The Kier molecular flexibility index (Phi) is 7.21. The van der Waals surface area contributed by atoms with E-state index in [9.17, 15) is 19.5 Å². The number of nitrogens with zero attached hydrogens (tertiary/aromatic N) is 1. The molecular formula is C23H23Cl2N3O4. The van der Waals surface area contributed by atoms with Gasteiger partial charge in [0.05, 0.1) is 21.0 Å². The number of pyridine rings is 1. The number of ketones is 1. The first-order valence-electron chi connectivity index (χ1n) is 10.1. The second-order valence-electron chi connectivity index (χ2n) is 7.87. The summed E-state index contributed by atoms with van der Waals surface area (Å²) in [6, 6.07) is 5.91. The van der Waals surface area contributed by atoms with E-state index in [1.807, 2.05) is 13.8 Å². The molecule has 7 nitrogen and oxygen atoms in total. The van der Waals surface area contributed by atoms with Gasteiger partial charge in [0.1, 0.15) is 6.04 Å². The summed E-state index contributed by atoms with van der Waals surface area (Å²) < 4.78 is 0. The van der Waals surface area contributed by atoms with Gasteiger partial charge in [-0.3, -0.25) is 14.6 Å². The first kappa shape index (κ1) is 23.8. The zero-order valence-electron chi connectivity index (χ0n) is 17.6. The molecule has 1 aromatic heterocycles. The number of carbonyl (C=O) groups excluding carboxylic acids is 2. The fraction of sp³-hybridized carbons (Fsp3) is 0.304. The van der Waals surface area contributed by atoms with Crippen molar-refractivity contribution in [1.82, 2.24) is 10.3 Å². The minimum absolute atomic E-state index is 0.0143. The topological polar surface area (TPSA) is 108 Å². The highest BCUT2D eigenvalue weighted by atomic mass is 35.5. The van der Waals surface area contributed by atoms with Crippen LogP contribution in [0.1, 0.15) is 42.6 Å². The van der Waals surface area contributed by atoms with Crippen molar-refractivity contribution in [3.05, 3.63) is 69.6 Å². The Morgan fingerprint density at radius 2 is 1.78 bits per heavy atom. The molecule has 0 bridgehead atoms. The number of carbonyl (C=O) groups is 3. The van der Waals surface area contributed by atoms with E-state index in [0.29, 0.717) is 17.8 Å². The molecule has 3 rings (SSSR count).